The van der Waals surface area contributed by atoms with Crippen molar-refractivity contribution in [1.29, 1.82) is 0 Å². The topological polar surface area (TPSA) is 232 Å². The van der Waals surface area contributed by atoms with Crippen LogP contribution >= 0.6 is 47.0 Å². The lowest BCUT2D eigenvalue weighted by molar-refractivity contribution is 0.0489. The fourth-order valence-corrected chi connectivity index (χ4v) is 8.48. The number of carbonyl (C=O) groups is 2. The second-order valence-corrected chi connectivity index (χ2v) is 20.5. The Bertz CT molecular complexity index is 1800. The van der Waals surface area contributed by atoms with E-state index in [9.17, 15) is 9.59 Å². The van der Waals surface area contributed by atoms with Crippen LogP contribution in [0.15, 0.2) is 18.1 Å². The van der Waals surface area contributed by atoms with Crippen molar-refractivity contribution in [3.8, 4) is 0 Å². The lowest BCUT2D eigenvalue weighted by atomic mass is 10.2. The molecule has 4 rings (SSSR count). The smallest absolute Gasteiger partial charge is 0.408 e. The molecule has 324 valence electrons. The van der Waals surface area contributed by atoms with E-state index in [4.69, 9.17) is 27.6 Å². The van der Waals surface area contributed by atoms with Gasteiger partial charge in [-0.25, -0.2) is 9.59 Å². The van der Waals surface area contributed by atoms with Gasteiger partial charge < -0.3 is 38.2 Å². The summed E-state index contributed by atoms with van der Waals surface area (Å²) in [5.74, 6) is 7.93. The number of aromatic nitrogens is 8. The molecule has 0 bridgehead atoms. The van der Waals surface area contributed by atoms with E-state index in [1.807, 2.05) is 69.2 Å². The lowest BCUT2D eigenvalue weighted by Crippen LogP contribution is -2.36. The highest BCUT2D eigenvalue weighted by Gasteiger charge is 2.26. The van der Waals surface area contributed by atoms with Crippen LogP contribution in [0, 0.1) is 13.8 Å². The van der Waals surface area contributed by atoms with Gasteiger partial charge in [0.05, 0.1) is 0 Å². The second kappa shape index (κ2) is 23.9. The van der Waals surface area contributed by atoms with Crippen LogP contribution in [0.25, 0.3) is 0 Å². The number of amides is 2. The molecule has 0 aliphatic carbocycles. The first-order valence-corrected chi connectivity index (χ1v) is 23.4. The second-order valence-electron chi connectivity index (χ2n) is 15.5. The first kappa shape index (κ1) is 48.9. The van der Waals surface area contributed by atoms with E-state index in [0.717, 1.165) is 40.3 Å². The van der Waals surface area contributed by atoms with Gasteiger partial charge in [0.25, 0.3) is 0 Å². The molecule has 2 amide bonds. The lowest BCUT2D eigenvalue weighted by Gasteiger charge is -2.22. The number of carbonyl (C=O) groups excluding carboxylic acids is 2. The van der Waals surface area contributed by atoms with Gasteiger partial charge in [-0.05, 0) is 55.4 Å². The number of hydrogen-bond donors (Lipinski definition) is 2. The first-order chi connectivity index (χ1) is 27.3. The largest absolute Gasteiger partial charge is 0.444 e. The number of alkyl carbamates (subject to hydrolysis) is 2. The molecule has 0 aliphatic rings. The zero-order valence-electron chi connectivity index (χ0n) is 35.4. The molecule has 0 radical (unpaired) electrons. The van der Waals surface area contributed by atoms with Crippen molar-refractivity contribution in [3.05, 3.63) is 46.9 Å². The first-order valence-electron chi connectivity index (χ1n) is 18.8. The summed E-state index contributed by atoms with van der Waals surface area (Å²) in [5, 5.41) is 22.9. The van der Waals surface area contributed by atoms with Gasteiger partial charge in [-0.15, -0.1) is 23.5 Å². The minimum absolute atomic E-state index is 0.142. The number of thioether (sulfide) groups is 4. The van der Waals surface area contributed by atoms with Crippen LogP contribution in [0.5, 0.6) is 0 Å². The van der Waals surface area contributed by atoms with Crippen molar-refractivity contribution in [2.45, 2.75) is 131 Å². The molecule has 4 aromatic rings. The van der Waals surface area contributed by atoms with Gasteiger partial charge in [-0.2, -0.15) is 43.5 Å². The summed E-state index contributed by atoms with van der Waals surface area (Å²) < 4.78 is 31.7. The van der Waals surface area contributed by atoms with Crippen molar-refractivity contribution in [2.24, 2.45) is 0 Å². The highest BCUT2D eigenvalue weighted by atomic mass is 32.2. The maximum absolute atomic E-state index is 12.3. The van der Waals surface area contributed by atoms with Gasteiger partial charge in [-0.3, -0.25) is 0 Å². The number of rotatable bonds is 20. The number of aryl methyl sites for hydroxylation is 4. The van der Waals surface area contributed by atoms with Gasteiger partial charge in [0.1, 0.15) is 23.3 Å². The molecular weight excluding hydrogens is 829 g/mol. The van der Waals surface area contributed by atoms with Gasteiger partial charge in [-0.1, -0.05) is 48.3 Å². The maximum atomic E-state index is 12.3. The molecule has 18 nitrogen and oxygen atoms in total. The average molecular weight is 887 g/mol. The normalized spacial score (nSPS) is 12.9. The van der Waals surface area contributed by atoms with Crippen LogP contribution in [0.1, 0.15) is 140 Å². The van der Waals surface area contributed by atoms with E-state index in [1.165, 1.54) is 0 Å². The van der Waals surface area contributed by atoms with Gasteiger partial charge >= 0.3 is 12.2 Å². The molecule has 0 unspecified atom stereocenters. The standard InChI is InChI=1S/C20H33N5O4S2.C16H25N5O4S2/c1-12(2)16-22-15(28-24-16)8-9-30-11-31-10-14(21-19(26)27-20(5,6)7)18-23-17(13(3)4)25-29-18;1-10-17-13(24-20-10)6-7-26-9-27-8-12(14-18-11(2)21-25-14)19-15(22)23-16(3,4)5/h12-14H,8-11H2,1-7H3,(H,21,26);12H,6-9H2,1-5H3,(H,19,22)/t14-;12-/m00/s1. The monoisotopic (exact) mass is 886 g/mol. The molecular formula is C36H58N10O8S4. The summed E-state index contributed by atoms with van der Waals surface area (Å²) >= 11 is 6.86. The molecule has 0 aromatic carbocycles. The van der Waals surface area contributed by atoms with Gasteiger partial charge in [0.2, 0.25) is 23.6 Å². The molecule has 0 spiro atoms. The number of nitrogens with zero attached hydrogens (tertiary/aromatic N) is 8. The van der Waals surface area contributed by atoms with E-state index < -0.39 is 35.5 Å². The highest BCUT2D eigenvalue weighted by molar-refractivity contribution is 8.16. The number of ether oxygens (including phenoxy) is 2. The van der Waals surface area contributed by atoms with Crippen LogP contribution in [-0.2, 0) is 22.3 Å². The zero-order valence-corrected chi connectivity index (χ0v) is 38.7. The van der Waals surface area contributed by atoms with E-state index >= 15 is 0 Å². The third-order valence-electron chi connectivity index (χ3n) is 6.89. The van der Waals surface area contributed by atoms with Crippen LogP contribution < -0.4 is 10.6 Å². The SMILES string of the molecule is CC(C)c1noc(CCSCSC[C@H](NC(=O)OC(C)(C)C)c2nc(C(C)C)no2)n1.Cc1noc(CCSCSC[C@H](NC(=O)OC(C)(C)C)c2nc(C)no2)n1. The van der Waals surface area contributed by atoms with E-state index in [2.05, 4.69) is 51.2 Å². The third-order valence-corrected chi connectivity index (χ3v) is 11.7. The quantitative estimate of drug-likeness (QED) is 0.0628. The summed E-state index contributed by atoms with van der Waals surface area (Å²) in [5.41, 5.74) is -1.16. The van der Waals surface area contributed by atoms with Crippen molar-refractivity contribution >= 4 is 59.2 Å². The third kappa shape index (κ3) is 19.5. The average Bonchev–Trinajstić information content (AvgIpc) is 3.94. The zero-order chi connectivity index (χ0) is 42.9. The molecule has 0 aliphatic heterocycles. The van der Waals surface area contributed by atoms with E-state index in [0.29, 0.717) is 52.5 Å². The maximum Gasteiger partial charge on any atom is 0.408 e. The number of nitrogens with one attached hydrogen (secondary N) is 2. The molecule has 2 N–H and O–H groups in total. The Labute approximate surface area is 357 Å². The van der Waals surface area contributed by atoms with Crippen molar-refractivity contribution < 1.29 is 37.2 Å². The summed E-state index contributed by atoms with van der Waals surface area (Å²) in [7, 11) is 0. The fourth-order valence-electron chi connectivity index (χ4n) is 4.26. The van der Waals surface area contributed by atoms with Crippen molar-refractivity contribution in [3.63, 3.8) is 0 Å². The van der Waals surface area contributed by atoms with Gasteiger partial charge in [0, 0.05) is 57.9 Å². The Morgan fingerprint density at radius 2 is 1.00 bits per heavy atom. The predicted octanol–water partition coefficient (Wildman–Crippen LogP) is 8.23. The molecule has 58 heavy (non-hydrogen) atoms. The minimum Gasteiger partial charge on any atom is -0.444 e. The molecule has 0 fully saturated rings. The summed E-state index contributed by atoms with van der Waals surface area (Å²) in [4.78, 5) is 41.6. The summed E-state index contributed by atoms with van der Waals surface area (Å²) in [6, 6.07) is -0.838. The van der Waals surface area contributed by atoms with E-state index in [1.54, 1.807) is 60.9 Å². The summed E-state index contributed by atoms with van der Waals surface area (Å²) in [6.45, 7) is 22.5. The Morgan fingerprint density at radius 3 is 1.41 bits per heavy atom. The number of hydrogen-bond acceptors (Lipinski definition) is 20. The Hall–Kier alpha value is -3.50. The van der Waals surface area contributed by atoms with Gasteiger partial charge in [0.15, 0.2) is 23.3 Å². The Balaban J connectivity index is 0.000000313. The molecule has 0 saturated heterocycles. The Kier molecular flexibility index (Phi) is 20.2. The van der Waals surface area contributed by atoms with Crippen LogP contribution in [0.3, 0.4) is 0 Å². The van der Waals surface area contributed by atoms with Crippen LogP contribution in [0.4, 0.5) is 9.59 Å². The van der Waals surface area contributed by atoms with Crippen molar-refractivity contribution in [2.75, 3.05) is 33.2 Å². The van der Waals surface area contributed by atoms with E-state index in [-0.39, 0.29) is 11.8 Å². The fraction of sp³-hybridized carbons (Fsp3) is 0.722. The van der Waals surface area contributed by atoms with Crippen molar-refractivity contribution in [1.82, 2.24) is 51.2 Å². The predicted molar refractivity (Wildman–Crippen MR) is 226 cm³/mol. The molecule has 22 heteroatoms. The highest BCUT2D eigenvalue weighted by Crippen LogP contribution is 2.24. The molecule has 4 aromatic heterocycles. The molecule has 2 atom stereocenters. The molecule has 0 saturated carbocycles. The Morgan fingerprint density at radius 1 is 0.586 bits per heavy atom. The molecule has 4 heterocycles. The van der Waals surface area contributed by atoms with Crippen LogP contribution in [0.2, 0.25) is 0 Å². The van der Waals surface area contributed by atoms with Crippen LogP contribution in [-0.4, -0.2) is 97.1 Å². The minimum atomic E-state index is -0.584. The summed E-state index contributed by atoms with van der Waals surface area (Å²) in [6.07, 6.45) is 0.441.